The fourth-order valence-electron chi connectivity index (χ4n) is 3.76. The molecular weight excluding hydrogens is 353 g/mol. The van der Waals surface area contributed by atoms with Crippen LogP contribution in [0.2, 0.25) is 10.0 Å². The number of aryl methyl sites for hydroxylation is 3. The molecule has 1 aliphatic rings. The average molecular weight is 374 g/mol. The first-order chi connectivity index (χ1) is 12.0. The number of pyridine rings is 1. The zero-order valence-electron chi connectivity index (χ0n) is 14.5. The van der Waals surface area contributed by atoms with Crippen molar-refractivity contribution in [3.63, 3.8) is 0 Å². The van der Waals surface area contributed by atoms with Gasteiger partial charge in [0.05, 0.1) is 15.6 Å². The molecule has 130 valence electrons. The summed E-state index contributed by atoms with van der Waals surface area (Å²) in [5.74, 6) is 0. The Morgan fingerprint density at radius 1 is 1.12 bits per heavy atom. The molecule has 0 aliphatic carbocycles. The van der Waals surface area contributed by atoms with E-state index in [1.165, 1.54) is 16.8 Å². The number of hydrogen-bond donors (Lipinski definition) is 0. The summed E-state index contributed by atoms with van der Waals surface area (Å²) in [4.78, 5) is 6.76. The lowest BCUT2D eigenvalue weighted by molar-refractivity contribution is 0.303. The standard InChI is InChI=1S/C20H21Cl2N3/c1-13-3-4-14(11-23-13)7-10-25-18-12-24(2)9-8-15(18)19-16(21)5-6-17(22)20(19)25/h3-6,11H,7-10,12H2,1-2H3. The number of benzene rings is 1. The number of rotatable bonds is 3. The van der Waals surface area contributed by atoms with Crippen molar-refractivity contribution in [1.82, 2.24) is 14.5 Å². The van der Waals surface area contributed by atoms with Gasteiger partial charge in [0.25, 0.3) is 0 Å². The van der Waals surface area contributed by atoms with Crippen LogP contribution in [0, 0.1) is 6.92 Å². The van der Waals surface area contributed by atoms with Crippen LogP contribution in [-0.2, 0) is 25.9 Å². The van der Waals surface area contributed by atoms with Crippen LogP contribution in [0.5, 0.6) is 0 Å². The van der Waals surface area contributed by atoms with Gasteiger partial charge >= 0.3 is 0 Å². The molecular formula is C20H21Cl2N3. The van der Waals surface area contributed by atoms with E-state index in [2.05, 4.69) is 33.6 Å². The zero-order chi connectivity index (χ0) is 17.6. The quantitative estimate of drug-likeness (QED) is 0.651. The molecule has 3 heterocycles. The first-order valence-corrected chi connectivity index (χ1v) is 9.38. The van der Waals surface area contributed by atoms with Crippen LogP contribution in [0.15, 0.2) is 30.5 Å². The predicted octanol–water partition coefficient (Wildman–Crippen LogP) is 4.88. The number of aromatic nitrogens is 2. The molecule has 0 saturated heterocycles. The summed E-state index contributed by atoms with van der Waals surface area (Å²) in [7, 11) is 2.16. The summed E-state index contributed by atoms with van der Waals surface area (Å²) >= 11 is 13.1. The van der Waals surface area contributed by atoms with E-state index in [1.54, 1.807) is 0 Å². The van der Waals surface area contributed by atoms with Crippen molar-refractivity contribution in [1.29, 1.82) is 0 Å². The summed E-state index contributed by atoms with van der Waals surface area (Å²) in [5, 5.41) is 2.72. The van der Waals surface area contributed by atoms with Crippen molar-refractivity contribution in [2.24, 2.45) is 0 Å². The topological polar surface area (TPSA) is 21.1 Å². The summed E-state index contributed by atoms with van der Waals surface area (Å²) in [5.41, 5.74) is 6.07. The van der Waals surface area contributed by atoms with Gasteiger partial charge in [-0.25, -0.2) is 0 Å². The highest BCUT2D eigenvalue weighted by molar-refractivity contribution is 6.40. The van der Waals surface area contributed by atoms with Crippen molar-refractivity contribution >= 4 is 34.1 Å². The normalized spacial score (nSPS) is 14.9. The van der Waals surface area contributed by atoms with Crippen LogP contribution in [0.1, 0.15) is 22.5 Å². The van der Waals surface area contributed by atoms with Crippen LogP contribution in [-0.4, -0.2) is 28.0 Å². The minimum atomic E-state index is 0.776. The molecule has 1 aromatic carbocycles. The smallest absolute Gasteiger partial charge is 0.0690 e. The van der Waals surface area contributed by atoms with Crippen LogP contribution < -0.4 is 0 Å². The summed E-state index contributed by atoms with van der Waals surface area (Å²) in [6, 6.07) is 8.04. The molecule has 1 aliphatic heterocycles. The van der Waals surface area contributed by atoms with E-state index < -0.39 is 0 Å². The van der Waals surface area contributed by atoms with Gasteiger partial charge in [-0.3, -0.25) is 4.98 Å². The first-order valence-electron chi connectivity index (χ1n) is 8.62. The van der Waals surface area contributed by atoms with Crippen molar-refractivity contribution in [2.45, 2.75) is 32.9 Å². The Morgan fingerprint density at radius 2 is 1.92 bits per heavy atom. The first kappa shape index (κ1) is 16.9. The summed E-state index contributed by atoms with van der Waals surface area (Å²) in [6.07, 6.45) is 3.91. The molecule has 3 aromatic rings. The Bertz CT molecular complexity index is 929. The third kappa shape index (κ3) is 3.05. The Labute approximate surface area is 158 Å². The molecule has 0 amide bonds. The summed E-state index contributed by atoms with van der Waals surface area (Å²) in [6.45, 7) is 4.88. The molecule has 0 N–H and O–H groups in total. The van der Waals surface area contributed by atoms with Gasteiger partial charge in [0.1, 0.15) is 0 Å². The Balaban J connectivity index is 1.80. The van der Waals surface area contributed by atoms with E-state index in [4.69, 9.17) is 23.2 Å². The second-order valence-electron chi connectivity index (χ2n) is 6.88. The van der Waals surface area contributed by atoms with Crippen molar-refractivity contribution in [2.75, 3.05) is 13.6 Å². The van der Waals surface area contributed by atoms with Gasteiger partial charge in [-0.1, -0.05) is 29.3 Å². The zero-order valence-corrected chi connectivity index (χ0v) is 16.0. The van der Waals surface area contributed by atoms with Gasteiger partial charge in [-0.2, -0.15) is 0 Å². The van der Waals surface area contributed by atoms with Gasteiger partial charge in [0.15, 0.2) is 0 Å². The fourth-order valence-corrected chi connectivity index (χ4v) is 4.28. The van der Waals surface area contributed by atoms with Crippen LogP contribution in [0.4, 0.5) is 0 Å². The van der Waals surface area contributed by atoms with Crippen molar-refractivity contribution in [3.8, 4) is 0 Å². The molecule has 3 nitrogen and oxygen atoms in total. The van der Waals surface area contributed by atoms with Crippen LogP contribution >= 0.6 is 23.2 Å². The Hall–Kier alpha value is -1.55. The predicted molar refractivity (Wildman–Crippen MR) is 105 cm³/mol. The highest BCUT2D eigenvalue weighted by Gasteiger charge is 2.25. The minimum Gasteiger partial charge on any atom is -0.341 e. The maximum absolute atomic E-state index is 6.59. The maximum Gasteiger partial charge on any atom is 0.0690 e. The van der Waals surface area contributed by atoms with Crippen molar-refractivity contribution in [3.05, 3.63) is 63.0 Å². The molecule has 0 saturated carbocycles. The van der Waals surface area contributed by atoms with Crippen LogP contribution in [0.3, 0.4) is 0 Å². The van der Waals surface area contributed by atoms with Gasteiger partial charge in [0.2, 0.25) is 0 Å². The number of fused-ring (bicyclic) bond motifs is 3. The average Bonchev–Trinajstić information content (AvgIpc) is 2.92. The third-order valence-corrected chi connectivity index (χ3v) is 5.70. The molecule has 0 radical (unpaired) electrons. The number of halogens is 2. The third-order valence-electron chi connectivity index (χ3n) is 5.08. The molecule has 2 aromatic heterocycles. The fraction of sp³-hybridized carbons (Fsp3) is 0.350. The molecule has 0 spiro atoms. The molecule has 0 bridgehead atoms. The lowest BCUT2D eigenvalue weighted by Crippen LogP contribution is -2.28. The summed E-state index contributed by atoms with van der Waals surface area (Å²) < 4.78 is 2.37. The van der Waals surface area contributed by atoms with Crippen molar-refractivity contribution < 1.29 is 0 Å². The van der Waals surface area contributed by atoms with Gasteiger partial charge in [-0.15, -0.1) is 0 Å². The second kappa shape index (κ2) is 6.64. The molecule has 0 unspecified atom stereocenters. The van der Waals surface area contributed by atoms with E-state index in [-0.39, 0.29) is 0 Å². The van der Waals surface area contributed by atoms with E-state index in [0.29, 0.717) is 0 Å². The van der Waals surface area contributed by atoms with E-state index in [9.17, 15) is 0 Å². The van der Waals surface area contributed by atoms with Gasteiger partial charge in [-0.05, 0) is 56.1 Å². The maximum atomic E-state index is 6.59. The molecule has 25 heavy (non-hydrogen) atoms. The number of hydrogen-bond acceptors (Lipinski definition) is 2. The SMILES string of the molecule is Cc1ccc(CCn2c3c(c4c(Cl)ccc(Cl)c42)CCN(C)C3)cn1. The second-order valence-corrected chi connectivity index (χ2v) is 7.69. The highest BCUT2D eigenvalue weighted by atomic mass is 35.5. The molecule has 0 atom stereocenters. The van der Waals surface area contributed by atoms with E-state index in [0.717, 1.165) is 59.1 Å². The number of nitrogens with zero attached hydrogens (tertiary/aromatic N) is 3. The molecule has 0 fully saturated rings. The van der Waals surface area contributed by atoms with Gasteiger partial charge in [0, 0.05) is 42.6 Å². The highest BCUT2D eigenvalue weighted by Crippen LogP contribution is 2.38. The Morgan fingerprint density at radius 3 is 2.68 bits per heavy atom. The van der Waals surface area contributed by atoms with Gasteiger partial charge < -0.3 is 9.47 Å². The Kier molecular flexibility index (Phi) is 4.48. The van der Waals surface area contributed by atoms with E-state index >= 15 is 0 Å². The van der Waals surface area contributed by atoms with Crippen LogP contribution in [0.25, 0.3) is 10.9 Å². The largest absolute Gasteiger partial charge is 0.341 e. The molecule has 4 rings (SSSR count). The lowest BCUT2D eigenvalue weighted by Gasteiger charge is -2.24. The lowest BCUT2D eigenvalue weighted by atomic mass is 10.0. The minimum absolute atomic E-state index is 0.776. The molecule has 5 heteroatoms. The van der Waals surface area contributed by atoms with E-state index in [1.807, 2.05) is 25.3 Å². The monoisotopic (exact) mass is 373 g/mol. The number of likely N-dealkylation sites (N-methyl/N-ethyl adjacent to an activating group) is 1.